The Kier molecular flexibility index (Phi) is 4.94. The minimum Gasteiger partial charge on any atom is -0.351 e. The van der Waals surface area contributed by atoms with Crippen LogP contribution in [0.5, 0.6) is 0 Å². The number of hydrogen-bond acceptors (Lipinski definition) is 8. The second kappa shape index (κ2) is 7.79. The lowest BCUT2D eigenvalue weighted by atomic mass is 10.2. The van der Waals surface area contributed by atoms with Crippen LogP contribution in [0.4, 0.5) is 24.9 Å². The van der Waals surface area contributed by atoms with Crippen LogP contribution in [0.25, 0.3) is 10.2 Å². The molecule has 0 spiro atoms. The Balaban J connectivity index is 1.28. The van der Waals surface area contributed by atoms with Crippen molar-refractivity contribution in [2.24, 2.45) is 5.92 Å². The number of fused-ring (bicyclic) bond motifs is 2. The van der Waals surface area contributed by atoms with Crippen molar-refractivity contribution in [2.75, 3.05) is 29.4 Å². The van der Waals surface area contributed by atoms with Crippen molar-refractivity contribution in [3.8, 4) is 0 Å². The number of alkyl halides is 3. The van der Waals surface area contributed by atoms with Crippen LogP contribution in [-0.2, 0) is 24.1 Å². The molecule has 9 nitrogen and oxygen atoms in total. The molecule has 1 N–H and O–H groups in total. The van der Waals surface area contributed by atoms with Crippen molar-refractivity contribution in [3.05, 3.63) is 22.6 Å². The highest BCUT2D eigenvalue weighted by molar-refractivity contribution is 7.18. The van der Waals surface area contributed by atoms with Gasteiger partial charge in [0.15, 0.2) is 5.82 Å². The fourth-order valence-electron chi connectivity index (χ4n) is 4.67. The predicted molar refractivity (Wildman–Crippen MR) is 120 cm³/mol. The minimum absolute atomic E-state index is 0.0650. The van der Waals surface area contributed by atoms with Crippen molar-refractivity contribution in [1.82, 2.24) is 30.0 Å². The quantitative estimate of drug-likeness (QED) is 0.599. The van der Waals surface area contributed by atoms with Crippen LogP contribution in [0.1, 0.15) is 35.8 Å². The van der Waals surface area contributed by atoms with E-state index in [9.17, 15) is 18.0 Å². The lowest BCUT2D eigenvalue weighted by molar-refractivity contribution is -0.147. The van der Waals surface area contributed by atoms with E-state index in [1.807, 2.05) is 17.9 Å². The number of rotatable bonds is 4. The van der Waals surface area contributed by atoms with Crippen LogP contribution < -0.4 is 15.1 Å². The average molecular weight is 493 g/mol. The fraction of sp³-hybridized carbons (Fsp3) is 0.571. The molecule has 6 rings (SSSR count). The number of aryl methyl sites for hydroxylation is 1. The van der Waals surface area contributed by atoms with Gasteiger partial charge in [0.05, 0.1) is 11.9 Å². The first-order chi connectivity index (χ1) is 16.3. The first-order valence-electron chi connectivity index (χ1n) is 11.3. The zero-order chi connectivity index (χ0) is 23.6. The van der Waals surface area contributed by atoms with E-state index >= 15 is 0 Å². The summed E-state index contributed by atoms with van der Waals surface area (Å²) in [6.07, 6.45) is -1.77. The summed E-state index contributed by atoms with van der Waals surface area (Å²) in [6.45, 7) is 4.03. The van der Waals surface area contributed by atoms with E-state index in [1.54, 1.807) is 11.3 Å². The molecule has 1 atom stereocenters. The van der Waals surface area contributed by atoms with E-state index in [0.717, 1.165) is 45.5 Å². The van der Waals surface area contributed by atoms with E-state index in [2.05, 4.69) is 20.4 Å². The van der Waals surface area contributed by atoms with Crippen molar-refractivity contribution in [3.63, 3.8) is 0 Å². The molecular formula is C21H23F3N8OS. The largest absolute Gasteiger partial charge is 0.451 e. The standard InChI is InChI=1S/C21H23F3N8OS/c1-11-8-14-16(30-6-7-32-15(10-30)28-29-19(32)21(22,23)24)26-20(27-18(14)34-11)31-5-4-13(9-31)25-17(33)12-2-3-12/h8,12-13H,2-7,9-10H2,1H3,(H,25,33). The molecule has 3 aromatic heterocycles. The molecule has 0 radical (unpaired) electrons. The van der Waals surface area contributed by atoms with Gasteiger partial charge in [-0.3, -0.25) is 4.79 Å². The number of anilines is 2. The predicted octanol–water partition coefficient (Wildman–Crippen LogP) is 2.74. The first-order valence-corrected chi connectivity index (χ1v) is 12.2. The molecule has 180 valence electrons. The van der Waals surface area contributed by atoms with Gasteiger partial charge in [0.1, 0.15) is 10.6 Å². The van der Waals surface area contributed by atoms with Gasteiger partial charge in [-0.15, -0.1) is 21.5 Å². The maximum absolute atomic E-state index is 13.2. The van der Waals surface area contributed by atoms with Crippen LogP contribution in [0, 0.1) is 12.8 Å². The van der Waals surface area contributed by atoms with Crippen molar-refractivity contribution >= 4 is 39.2 Å². The molecule has 3 aromatic rings. The SMILES string of the molecule is Cc1cc2c(N3CCn4c(nnc4C(F)(F)F)C3)nc(N3CCC(NC(=O)C4CC4)C3)nc2s1. The molecular weight excluding hydrogens is 469 g/mol. The summed E-state index contributed by atoms with van der Waals surface area (Å²) in [5.74, 6) is 0.879. The number of hydrogen-bond donors (Lipinski definition) is 1. The monoisotopic (exact) mass is 492 g/mol. The van der Waals surface area contributed by atoms with Crippen molar-refractivity contribution in [1.29, 1.82) is 0 Å². The maximum atomic E-state index is 13.2. The molecule has 5 heterocycles. The molecule has 3 aliphatic rings. The highest BCUT2D eigenvalue weighted by atomic mass is 32.1. The fourth-order valence-corrected chi connectivity index (χ4v) is 5.54. The zero-order valence-corrected chi connectivity index (χ0v) is 19.3. The smallest absolute Gasteiger partial charge is 0.351 e. The lowest BCUT2D eigenvalue weighted by Gasteiger charge is -2.30. The molecule has 0 aromatic carbocycles. The molecule has 1 aliphatic carbocycles. The number of nitrogens with one attached hydrogen (secondary N) is 1. The second-order valence-electron chi connectivity index (χ2n) is 9.15. The number of nitrogens with zero attached hydrogens (tertiary/aromatic N) is 7. The highest BCUT2D eigenvalue weighted by Crippen LogP contribution is 2.36. The normalized spacial score (nSPS) is 20.8. The number of carbonyl (C=O) groups is 1. The summed E-state index contributed by atoms with van der Waals surface area (Å²) in [7, 11) is 0. The van der Waals surface area contributed by atoms with Gasteiger partial charge in [-0.05, 0) is 32.3 Å². The number of carbonyl (C=O) groups excluding carboxylic acids is 1. The Morgan fingerprint density at radius 2 is 1.94 bits per heavy atom. The molecule has 34 heavy (non-hydrogen) atoms. The van der Waals surface area contributed by atoms with Gasteiger partial charge in [0, 0.05) is 43.0 Å². The Hall–Kier alpha value is -2.96. The summed E-state index contributed by atoms with van der Waals surface area (Å²) in [4.78, 5) is 27.8. The second-order valence-corrected chi connectivity index (χ2v) is 10.4. The number of amides is 1. The van der Waals surface area contributed by atoms with Gasteiger partial charge in [0.25, 0.3) is 0 Å². The molecule has 1 saturated carbocycles. The van der Waals surface area contributed by atoms with Gasteiger partial charge in [0.2, 0.25) is 17.7 Å². The average Bonchev–Trinajstić information content (AvgIpc) is 3.20. The summed E-state index contributed by atoms with van der Waals surface area (Å²) in [6, 6.07) is 2.08. The van der Waals surface area contributed by atoms with E-state index in [-0.39, 0.29) is 36.8 Å². The van der Waals surface area contributed by atoms with E-state index in [0.29, 0.717) is 24.9 Å². The molecule has 1 unspecified atom stereocenters. The minimum atomic E-state index is -4.53. The Bertz CT molecular complexity index is 1270. The Labute approximate surface area is 197 Å². The van der Waals surface area contributed by atoms with Gasteiger partial charge >= 0.3 is 6.18 Å². The van der Waals surface area contributed by atoms with Gasteiger partial charge in [-0.25, -0.2) is 4.98 Å². The van der Waals surface area contributed by atoms with Crippen LogP contribution in [0.2, 0.25) is 0 Å². The Morgan fingerprint density at radius 1 is 1.12 bits per heavy atom. The topological polar surface area (TPSA) is 92.1 Å². The van der Waals surface area contributed by atoms with E-state index in [1.165, 1.54) is 0 Å². The summed E-state index contributed by atoms with van der Waals surface area (Å²) in [5.41, 5.74) is 0. The number of thiophene rings is 1. The van der Waals surface area contributed by atoms with Crippen LogP contribution in [0.3, 0.4) is 0 Å². The molecule has 13 heteroatoms. The van der Waals surface area contributed by atoms with Crippen molar-refractivity contribution in [2.45, 2.75) is 51.5 Å². The van der Waals surface area contributed by atoms with Crippen molar-refractivity contribution < 1.29 is 18.0 Å². The molecule has 2 fully saturated rings. The van der Waals surface area contributed by atoms with E-state index in [4.69, 9.17) is 9.97 Å². The molecule has 1 amide bonds. The van der Waals surface area contributed by atoms with Crippen LogP contribution in [-0.4, -0.2) is 56.3 Å². The van der Waals surface area contributed by atoms with Crippen LogP contribution >= 0.6 is 11.3 Å². The maximum Gasteiger partial charge on any atom is 0.451 e. The van der Waals surface area contributed by atoms with Gasteiger partial charge in [-0.1, -0.05) is 0 Å². The number of aromatic nitrogens is 5. The van der Waals surface area contributed by atoms with E-state index < -0.39 is 12.0 Å². The molecule has 2 aliphatic heterocycles. The van der Waals surface area contributed by atoms with Gasteiger partial charge in [-0.2, -0.15) is 18.2 Å². The third-order valence-corrected chi connectivity index (χ3v) is 7.50. The first kappa shape index (κ1) is 21.6. The Morgan fingerprint density at radius 3 is 2.71 bits per heavy atom. The van der Waals surface area contributed by atoms with Crippen LogP contribution in [0.15, 0.2) is 6.07 Å². The third-order valence-electron chi connectivity index (χ3n) is 6.56. The zero-order valence-electron chi connectivity index (χ0n) is 18.5. The summed E-state index contributed by atoms with van der Waals surface area (Å²) in [5, 5.41) is 11.2. The molecule has 0 bridgehead atoms. The number of halogens is 3. The summed E-state index contributed by atoms with van der Waals surface area (Å²) >= 11 is 1.56. The third kappa shape index (κ3) is 3.85. The molecule has 1 saturated heterocycles. The van der Waals surface area contributed by atoms with Gasteiger partial charge < -0.3 is 19.7 Å². The summed E-state index contributed by atoms with van der Waals surface area (Å²) < 4.78 is 40.9. The highest BCUT2D eigenvalue weighted by Gasteiger charge is 2.40. The lowest BCUT2D eigenvalue weighted by Crippen LogP contribution is -2.38.